The summed E-state index contributed by atoms with van der Waals surface area (Å²) in [4.78, 5) is 14.5. The molecule has 1 aromatic carbocycles. The zero-order valence-corrected chi connectivity index (χ0v) is 14.0. The van der Waals surface area contributed by atoms with Gasteiger partial charge in [0.15, 0.2) is 0 Å². The van der Waals surface area contributed by atoms with E-state index >= 15 is 0 Å². The lowest BCUT2D eigenvalue weighted by molar-refractivity contribution is 0.0941. The predicted molar refractivity (Wildman–Crippen MR) is 94.9 cm³/mol. The highest BCUT2D eigenvalue weighted by atomic mass is 16.1. The van der Waals surface area contributed by atoms with Gasteiger partial charge in [0.2, 0.25) is 5.91 Å². The van der Waals surface area contributed by atoms with Crippen molar-refractivity contribution in [2.75, 3.05) is 26.2 Å². The Balaban J connectivity index is 2.09. The van der Waals surface area contributed by atoms with Crippen molar-refractivity contribution in [1.29, 1.82) is 0 Å². The van der Waals surface area contributed by atoms with Crippen molar-refractivity contribution in [1.82, 2.24) is 14.8 Å². The van der Waals surface area contributed by atoms with Gasteiger partial charge in [0, 0.05) is 50.7 Å². The van der Waals surface area contributed by atoms with E-state index in [9.17, 15) is 4.79 Å². The van der Waals surface area contributed by atoms with Crippen molar-refractivity contribution in [3.63, 3.8) is 0 Å². The highest BCUT2D eigenvalue weighted by molar-refractivity contribution is 5.93. The number of nitrogens with one attached hydrogen (secondary N) is 1. The van der Waals surface area contributed by atoms with Crippen LogP contribution in [0.5, 0.6) is 0 Å². The van der Waals surface area contributed by atoms with E-state index in [2.05, 4.69) is 29.8 Å². The SMILES string of the molecule is C=C(C)C[C@H](c1cn(C(C)=O)c2ccccc12)N1CCNCC1. The molecule has 0 unspecified atom stereocenters. The van der Waals surface area contributed by atoms with Crippen LogP contribution in [0, 0.1) is 0 Å². The summed E-state index contributed by atoms with van der Waals surface area (Å²) in [5.41, 5.74) is 3.41. The van der Waals surface area contributed by atoms with Gasteiger partial charge in [-0.1, -0.05) is 23.8 Å². The van der Waals surface area contributed by atoms with Crippen LogP contribution in [0.1, 0.15) is 36.7 Å². The van der Waals surface area contributed by atoms with Crippen molar-refractivity contribution < 1.29 is 4.79 Å². The highest BCUT2D eigenvalue weighted by Crippen LogP contribution is 2.34. The maximum atomic E-state index is 12.0. The minimum atomic E-state index is 0.0573. The van der Waals surface area contributed by atoms with Gasteiger partial charge in [-0.25, -0.2) is 0 Å². The number of aromatic nitrogens is 1. The molecular formula is C19H25N3O. The first-order chi connectivity index (χ1) is 11.1. The minimum Gasteiger partial charge on any atom is -0.314 e. The van der Waals surface area contributed by atoms with Crippen molar-refractivity contribution in [2.24, 2.45) is 0 Å². The van der Waals surface area contributed by atoms with Gasteiger partial charge < -0.3 is 5.32 Å². The second kappa shape index (κ2) is 6.69. The molecule has 1 N–H and O–H groups in total. The maximum absolute atomic E-state index is 12.0. The van der Waals surface area contributed by atoms with Gasteiger partial charge in [0.1, 0.15) is 0 Å². The summed E-state index contributed by atoms with van der Waals surface area (Å²) in [6.07, 6.45) is 2.95. The molecule has 1 aliphatic rings. The number of fused-ring (bicyclic) bond motifs is 1. The molecular weight excluding hydrogens is 286 g/mol. The van der Waals surface area contributed by atoms with E-state index in [1.165, 1.54) is 16.5 Å². The Labute approximate surface area is 137 Å². The number of benzene rings is 1. The molecule has 0 saturated carbocycles. The minimum absolute atomic E-state index is 0.0573. The van der Waals surface area contributed by atoms with E-state index < -0.39 is 0 Å². The van der Waals surface area contributed by atoms with E-state index in [4.69, 9.17) is 0 Å². The molecule has 1 aromatic heterocycles. The first kappa shape index (κ1) is 16.0. The summed E-state index contributed by atoms with van der Waals surface area (Å²) in [5, 5.41) is 4.59. The lowest BCUT2D eigenvalue weighted by Crippen LogP contribution is -2.45. The molecule has 3 rings (SSSR count). The number of nitrogens with zero attached hydrogens (tertiary/aromatic N) is 2. The Hall–Kier alpha value is -1.91. The van der Waals surface area contributed by atoms with Crippen LogP contribution in [0.4, 0.5) is 0 Å². The number of hydrogen-bond donors (Lipinski definition) is 1. The lowest BCUT2D eigenvalue weighted by atomic mass is 9.97. The predicted octanol–water partition coefficient (Wildman–Crippen LogP) is 3.21. The van der Waals surface area contributed by atoms with Crippen LogP contribution in [0.2, 0.25) is 0 Å². The summed E-state index contributed by atoms with van der Waals surface area (Å²) >= 11 is 0. The van der Waals surface area contributed by atoms with Gasteiger partial charge in [-0.05, 0) is 25.0 Å². The van der Waals surface area contributed by atoms with Crippen LogP contribution < -0.4 is 5.32 Å². The average Bonchev–Trinajstić information content (AvgIpc) is 2.93. The largest absolute Gasteiger partial charge is 0.314 e. The smallest absolute Gasteiger partial charge is 0.227 e. The Bertz CT molecular complexity index is 725. The van der Waals surface area contributed by atoms with E-state index in [0.29, 0.717) is 0 Å². The molecule has 1 fully saturated rings. The molecule has 0 bridgehead atoms. The molecule has 1 saturated heterocycles. The molecule has 23 heavy (non-hydrogen) atoms. The van der Waals surface area contributed by atoms with Gasteiger partial charge in [-0.3, -0.25) is 14.3 Å². The first-order valence-corrected chi connectivity index (χ1v) is 8.28. The van der Waals surface area contributed by atoms with E-state index in [-0.39, 0.29) is 11.9 Å². The third-order valence-corrected chi connectivity index (χ3v) is 4.58. The zero-order valence-electron chi connectivity index (χ0n) is 14.0. The van der Waals surface area contributed by atoms with Crippen LogP contribution in [-0.2, 0) is 0 Å². The molecule has 0 radical (unpaired) electrons. The number of carbonyl (C=O) groups is 1. The fourth-order valence-electron chi connectivity index (χ4n) is 3.49. The van der Waals surface area contributed by atoms with Crippen LogP contribution >= 0.6 is 0 Å². The molecule has 2 heterocycles. The molecule has 4 nitrogen and oxygen atoms in total. The van der Waals surface area contributed by atoms with E-state index in [1.54, 1.807) is 11.5 Å². The highest BCUT2D eigenvalue weighted by Gasteiger charge is 2.25. The number of carbonyl (C=O) groups excluding carboxylic acids is 1. The van der Waals surface area contributed by atoms with Gasteiger partial charge in [-0.15, -0.1) is 6.58 Å². The Morgan fingerprint density at radius 3 is 2.61 bits per heavy atom. The topological polar surface area (TPSA) is 37.3 Å². The summed E-state index contributed by atoms with van der Waals surface area (Å²) in [6, 6.07) is 8.46. The molecule has 2 aromatic rings. The number of para-hydroxylation sites is 1. The molecule has 1 aliphatic heterocycles. The van der Waals surface area contributed by atoms with Crippen molar-refractivity contribution in [3.8, 4) is 0 Å². The second-order valence-electron chi connectivity index (χ2n) is 6.45. The molecule has 0 aliphatic carbocycles. The molecule has 1 atom stereocenters. The molecule has 0 spiro atoms. The maximum Gasteiger partial charge on any atom is 0.227 e. The zero-order chi connectivity index (χ0) is 16.4. The van der Waals surface area contributed by atoms with Crippen molar-refractivity contribution in [3.05, 3.63) is 48.2 Å². The van der Waals surface area contributed by atoms with Crippen molar-refractivity contribution >= 4 is 16.8 Å². The van der Waals surface area contributed by atoms with Gasteiger partial charge >= 0.3 is 0 Å². The summed E-state index contributed by atoms with van der Waals surface area (Å²) in [7, 11) is 0. The third-order valence-electron chi connectivity index (χ3n) is 4.58. The number of hydrogen-bond acceptors (Lipinski definition) is 3. The Kier molecular flexibility index (Phi) is 4.64. The fraction of sp³-hybridized carbons (Fsp3) is 0.421. The summed E-state index contributed by atoms with van der Waals surface area (Å²) in [5.74, 6) is 0.0573. The van der Waals surface area contributed by atoms with E-state index in [1.807, 2.05) is 24.4 Å². The monoisotopic (exact) mass is 311 g/mol. The van der Waals surface area contributed by atoms with Gasteiger partial charge in [0.25, 0.3) is 0 Å². The average molecular weight is 311 g/mol. The number of rotatable bonds is 4. The third kappa shape index (κ3) is 3.23. The quantitative estimate of drug-likeness (QED) is 0.881. The van der Waals surface area contributed by atoms with Crippen LogP contribution in [-0.4, -0.2) is 41.6 Å². The first-order valence-electron chi connectivity index (χ1n) is 8.28. The fourth-order valence-corrected chi connectivity index (χ4v) is 3.49. The molecule has 122 valence electrons. The summed E-state index contributed by atoms with van der Waals surface area (Å²) in [6.45, 7) is 11.9. The van der Waals surface area contributed by atoms with Crippen LogP contribution in [0.3, 0.4) is 0 Å². The van der Waals surface area contributed by atoms with Crippen LogP contribution in [0.15, 0.2) is 42.6 Å². The summed E-state index contributed by atoms with van der Waals surface area (Å²) < 4.78 is 1.78. The lowest BCUT2D eigenvalue weighted by Gasteiger charge is -2.35. The normalized spacial score (nSPS) is 17.3. The Morgan fingerprint density at radius 1 is 1.26 bits per heavy atom. The Morgan fingerprint density at radius 2 is 1.96 bits per heavy atom. The van der Waals surface area contributed by atoms with Crippen molar-refractivity contribution in [2.45, 2.75) is 26.3 Å². The standard InChI is InChI=1S/C19H25N3O/c1-14(2)12-19(21-10-8-20-9-11-21)17-13-22(15(3)23)18-7-5-4-6-16(17)18/h4-7,13,19-20H,1,8-12H2,2-3H3/t19-/m1/s1. The van der Waals surface area contributed by atoms with Gasteiger partial charge in [-0.2, -0.15) is 0 Å². The van der Waals surface area contributed by atoms with Gasteiger partial charge in [0.05, 0.1) is 5.52 Å². The van der Waals surface area contributed by atoms with E-state index in [0.717, 1.165) is 38.1 Å². The number of piperazine rings is 1. The molecule has 4 heteroatoms. The second-order valence-corrected chi connectivity index (χ2v) is 6.45. The molecule has 0 amide bonds. The van der Waals surface area contributed by atoms with Crippen LogP contribution in [0.25, 0.3) is 10.9 Å².